The van der Waals surface area contributed by atoms with Crippen LogP contribution in [0, 0.1) is 0 Å². The molecule has 0 bridgehead atoms. The first-order valence-corrected chi connectivity index (χ1v) is 9.47. The van der Waals surface area contributed by atoms with Crippen LogP contribution in [-0.4, -0.2) is 14.6 Å². The summed E-state index contributed by atoms with van der Waals surface area (Å²) in [7, 11) is -3.70. The highest BCUT2D eigenvalue weighted by atomic mass is 35.5. The summed E-state index contributed by atoms with van der Waals surface area (Å²) in [4.78, 5) is 2.26. The molecule has 1 N–H and O–H groups in total. The summed E-state index contributed by atoms with van der Waals surface area (Å²) in [5, 5.41) is 4.23. The predicted octanol–water partition coefficient (Wildman–Crippen LogP) is 3.82. The lowest BCUT2D eigenvalue weighted by atomic mass is 10.3. The van der Waals surface area contributed by atoms with Gasteiger partial charge in [-0.15, -0.1) is 0 Å². The molecule has 3 rings (SSSR count). The van der Waals surface area contributed by atoms with Crippen molar-refractivity contribution in [3.63, 3.8) is 0 Å². The third-order valence-corrected chi connectivity index (χ3v) is 4.86. The van der Waals surface area contributed by atoms with E-state index in [9.17, 15) is 8.42 Å². The largest absolute Gasteiger partial charge is 0.484 e. The predicted molar refractivity (Wildman–Crippen MR) is 98.8 cm³/mol. The Balaban J connectivity index is 1.58. The summed E-state index contributed by atoms with van der Waals surface area (Å²) in [6.07, 6.45) is 1.28. The van der Waals surface area contributed by atoms with Gasteiger partial charge in [0.2, 0.25) is 0 Å². The van der Waals surface area contributed by atoms with Crippen molar-refractivity contribution in [2.75, 3.05) is 0 Å². The van der Waals surface area contributed by atoms with Crippen LogP contribution >= 0.6 is 11.6 Å². The summed E-state index contributed by atoms with van der Waals surface area (Å²) < 4.78 is 35.1. The van der Waals surface area contributed by atoms with Crippen LogP contribution in [-0.2, 0) is 16.6 Å². The Morgan fingerprint density at radius 1 is 1.04 bits per heavy atom. The minimum atomic E-state index is -3.70. The standard InChI is InChI=1S/C18H15ClN2O4S/c19-17-8-4-5-9-18(17)24-13-15-11-10-14(25-15)12-20-21-26(22,23)16-6-2-1-3-7-16/h1-12,21H,13H2/b20-12+. The van der Waals surface area contributed by atoms with Crippen molar-refractivity contribution in [1.82, 2.24) is 4.83 Å². The molecule has 0 fully saturated rings. The van der Waals surface area contributed by atoms with Crippen LogP contribution in [0.5, 0.6) is 5.75 Å². The molecule has 134 valence electrons. The molecule has 3 aromatic rings. The van der Waals surface area contributed by atoms with Gasteiger partial charge in [0.25, 0.3) is 10.0 Å². The molecule has 2 aromatic carbocycles. The fourth-order valence-corrected chi connectivity index (χ4v) is 3.07. The fraction of sp³-hybridized carbons (Fsp3) is 0.0556. The summed E-state index contributed by atoms with van der Waals surface area (Å²) in [6, 6.07) is 18.5. The van der Waals surface area contributed by atoms with Crippen LogP contribution in [0.2, 0.25) is 5.02 Å². The lowest BCUT2D eigenvalue weighted by molar-refractivity contribution is 0.270. The molecule has 0 aliphatic carbocycles. The van der Waals surface area contributed by atoms with Crippen LogP contribution < -0.4 is 9.57 Å². The molecule has 0 spiro atoms. The minimum Gasteiger partial charge on any atom is -0.484 e. The quantitative estimate of drug-likeness (QED) is 0.491. The van der Waals surface area contributed by atoms with Crippen molar-refractivity contribution in [2.45, 2.75) is 11.5 Å². The van der Waals surface area contributed by atoms with Gasteiger partial charge in [-0.2, -0.15) is 18.4 Å². The SMILES string of the molecule is O=S(=O)(N/N=C/c1ccc(COc2ccccc2Cl)o1)c1ccccc1. The van der Waals surface area contributed by atoms with Gasteiger partial charge in [-0.25, -0.2) is 0 Å². The van der Waals surface area contributed by atoms with Gasteiger partial charge >= 0.3 is 0 Å². The molecule has 1 heterocycles. The van der Waals surface area contributed by atoms with Crippen LogP contribution in [0.3, 0.4) is 0 Å². The number of hydrogen-bond donors (Lipinski definition) is 1. The molecule has 1 aromatic heterocycles. The zero-order valence-electron chi connectivity index (χ0n) is 13.5. The van der Waals surface area contributed by atoms with Gasteiger partial charge in [0, 0.05) is 0 Å². The zero-order chi connectivity index (χ0) is 18.4. The highest BCUT2D eigenvalue weighted by Gasteiger charge is 2.11. The molecule has 0 aliphatic heterocycles. The Labute approximate surface area is 156 Å². The Hall–Kier alpha value is -2.77. The molecule has 6 nitrogen and oxygen atoms in total. The van der Waals surface area contributed by atoms with E-state index in [1.54, 1.807) is 42.5 Å². The topological polar surface area (TPSA) is 80.9 Å². The van der Waals surface area contributed by atoms with Crippen molar-refractivity contribution >= 4 is 27.8 Å². The number of nitrogens with one attached hydrogen (secondary N) is 1. The third-order valence-electron chi connectivity index (χ3n) is 3.31. The van der Waals surface area contributed by atoms with Gasteiger partial charge < -0.3 is 9.15 Å². The summed E-state index contributed by atoms with van der Waals surface area (Å²) in [6.45, 7) is 0.188. The number of halogens is 1. The molecular formula is C18H15ClN2O4S. The van der Waals surface area contributed by atoms with Crippen molar-refractivity contribution in [3.8, 4) is 5.75 Å². The number of furan rings is 1. The van der Waals surface area contributed by atoms with E-state index in [1.807, 2.05) is 12.1 Å². The molecule has 8 heteroatoms. The maximum absolute atomic E-state index is 12.0. The molecule has 0 aliphatic rings. The molecule has 0 amide bonds. The first-order chi connectivity index (χ1) is 12.5. The van der Waals surface area contributed by atoms with Gasteiger partial charge in [0.05, 0.1) is 16.1 Å². The van der Waals surface area contributed by atoms with Crippen molar-refractivity contribution < 1.29 is 17.6 Å². The number of nitrogens with zero attached hydrogens (tertiary/aromatic N) is 1. The van der Waals surface area contributed by atoms with Gasteiger partial charge in [0.1, 0.15) is 23.9 Å². The average molecular weight is 391 g/mol. The van der Waals surface area contributed by atoms with Crippen LogP contribution in [0.4, 0.5) is 0 Å². The second-order valence-corrected chi connectivity index (χ2v) is 7.26. The first kappa shape index (κ1) is 18.0. The molecule has 0 radical (unpaired) electrons. The van der Waals surface area contributed by atoms with Gasteiger partial charge in [-0.05, 0) is 36.4 Å². The smallest absolute Gasteiger partial charge is 0.276 e. The number of rotatable bonds is 7. The number of ether oxygens (including phenoxy) is 1. The first-order valence-electron chi connectivity index (χ1n) is 7.60. The lowest BCUT2D eigenvalue weighted by Gasteiger charge is -2.05. The molecule has 26 heavy (non-hydrogen) atoms. The number of hydrogen-bond acceptors (Lipinski definition) is 5. The van der Waals surface area contributed by atoms with E-state index in [0.717, 1.165) is 0 Å². The van der Waals surface area contributed by atoms with E-state index in [0.29, 0.717) is 22.3 Å². The van der Waals surface area contributed by atoms with Gasteiger partial charge in [-0.3, -0.25) is 0 Å². The van der Waals surface area contributed by atoms with E-state index in [2.05, 4.69) is 9.93 Å². The van der Waals surface area contributed by atoms with Crippen molar-refractivity contribution in [2.24, 2.45) is 5.10 Å². The monoisotopic (exact) mass is 390 g/mol. The molecule has 0 saturated heterocycles. The Bertz CT molecular complexity index is 1000. The maximum atomic E-state index is 12.0. The zero-order valence-corrected chi connectivity index (χ0v) is 15.1. The van der Waals surface area contributed by atoms with Crippen molar-refractivity contribution in [1.29, 1.82) is 0 Å². The summed E-state index contributed by atoms with van der Waals surface area (Å²) in [5.41, 5.74) is 0. The molecular weight excluding hydrogens is 376 g/mol. The highest BCUT2D eigenvalue weighted by Crippen LogP contribution is 2.24. The average Bonchev–Trinajstić information content (AvgIpc) is 3.09. The minimum absolute atomic E-state index is 0.130. The van der Waals surface area contributed by atoms with E-state index in [4.69, 9.17) is 20.8 Å². The second kappa shape index (κ2) is 8.07. The Kier molecular flexibility index (Phi) is 5.60. The Morgan fingerprint density at radius 3 is 2.54 bits per heavy atom. The van der Waals surface area contributed by atoms with Crippen LogP contribution in [0.15, 0.2) is 81.1 Å². The Morgan fingerprint density at radius 2 is 1.77 bits per heavy atom. The van der Waals surface area contributed by atoms with Gasteiger partial charge in [-0.1, -0.05) is 41.9 Å². The van der Waals surface area contributed by atoms with E-state index in [1.165, 1.54) is 18.3 Å². The van der Waals surface area contributed by atoms with Gasteiger partial charge in [0.15, 0.2) is 0 Å². The maximum Gasteiger partial charge on any atom is 0.276 e. The van der Waals surface area contributed by atoms with Crippen LogP contribution in [0.1, 0.15) is 11.5 Å². The fourth-order valence-electron chi connectivity index (χ4n) is 2.06. The highest BCUT2D eigenvalue weighted by molar-refractivity contribution is 7.89. The second-order valence-electron chi connectivity index (χ2n) is 5.19. The van der Waals surface area contributed by atoms with Crippen LogP contribution in [0.25, 0.3) is 0 Å². The number of hydrazone groups is 1. The molecule has 0 unspecified atom stereocenters. The summed E-state index contributed by atoms with van der Waals surface area (Å²) in [5.74, 6) is 1.49. The number of sulfonamides is 1. The number of para-hydroxylation sites is 1. The molecule has 0 atom stereocenters. The van der Waals surface area contributed by atoms with E-state index < -0.39 is 10.0 Å². The normalized spacial score (nSPS) is 11.6. The van der Waals surface area contributed by atoms with E-state index in [-0.39, 0.29) is 11.5 Å². The third kappa shape index (κ3) is 4.65. The van der Waals surface area contributed by atoms with Crippen molar-refractivity contribution in [3.05, 3.63) is 83.3 Å². The number of benzene rings is 2. The summed E-state index contributed by atoms with van der Waals surface area (Å²) >= 11 is 6.02. The molecule has 0 saturated carbocycles. The lowest BCUT2D eigenvalue weighted by Crippen LogP contribution is -2.18. The van der Waals surface area contributed by atoms with E-state index >= 15 is 0 Å².